The highest BCUT2D eigenvalue weighted by molar-refractivity contribution is 7.71. The summed E-state index contributed by atoms with van der Waals surface area (Å²) in [5.41, 5.74) is 1.83. The molecule has 0 spiro atoms. The van der Waals surface area contributed by atoms with Crippen LogP contribution in [0.4, 0.5) is 0 Å². The van der Waals surface area contributed by atoms with E-state index in [1.807, 2.05) is 59.9 Å². The first-order valence-corrected chi connectivity index (χ1v) is 7.13. The van der Waals surface area contributed by atoms with Crippen LogP contribution >= 0.6 is 12.2 Å². The van der Waals surface area contributed by atoms with Crippen molar-refractivity contribution < 1.29 is 4.79 Å². The third-order valence-electron chi connectivity index (χ3n) is 3.31. The predicted molar refractivity (Wildman–Crippen MR) is 85.5 cm³/mol. The quantitative estimate of drug-likeness (QED) is 0.859. The Morgan fingerprint density at radius 1 is 1.29 bits per heavy atom. The number of carbonyl (C=O) groups is 1. The Bertz CT molecular complexity index is 672. The molecule has 0 radical (unpaired) electrons. The average Bonchev–Trinajstić information content (AvgIpc) is 2.79. The second-order valence-electron chi connectivity index (χ2n) is 5.09. The van der Waals surface area contributed by atoms with Gasteiger partial charge >= 0.3 is 0 Å². The van der Waals surface area contributed by atoms with Crippen LogP contribution in [0.2, 0.25) is 0 Å². The lowest BCUT2D eigenvalue weighted by Gasteiger charge is -2.17. The molecule has 5 nitrogen and oxygen atoms in total. The first-order chi connectivity index (χ1) is 10.0. The molecule has 1 N–H and O–H groups in total. The lowest BCUT2D eigenvalue weighted by molar-refractivity contribution is 0.0963. The standard InChI is InChI=1S/C15H20N4OS/c1-16-14(20)13-6-4-12(5-7-13)10-17(2)11-19-9-8-18(3)15(19)21/h4-9H,10-11H2,1-3H3,(H,16,20). The minimum Gasteiger partial charge on any atom is -0.355 e. The molecule has 0 unspecified atom stereocenters. The molecule has 2 rings (SSSR count). The van der Waals surface area contributed by atoms with Crippen molar-refractivity contribution in [2.24, 2.45) is 7.05 Å². The largest absolute Gasteiger partial charge is 0.355 e. The van der Waals surface area contributed by atoms with E-state index in [1.165, 1.54) is 0 Å². The normalized spacial score (nSPS) is 10.9. The van der Waals surface area contributed by atoms with E-state index in [9.17, 15) is 4.79 Å². The highest BCUT2D eigenvalue weighted by Crippen LogP contribution is 2.08. The van der Waals surface area contributed by atoms with Crippen LogP contribution in [-0.4, -0.2) is 34.0 Å². The summed E-state index contributed by atoms with van der Waals surface area (Å²) in [6.07, 6.45) is 3.93. The molecule has 0 saturated carbocycles. The summed E-state index contributed by atoms with van der Waals surface area (Å²) in [5, 5.41) is 2.62. The van der Waals surface area contributed by atoms with Crippen molar-refractivity contribution in [1.29, 1.82) is 0 Å². The van der Waals surface area contributed by atoms with Gasteiger partial charge in [-0.05, 0) is 37.0 Å². The Kier molecular flexibility index (Phi) is 4.93. The summed E-state index contributed by atoms with van der Waals surface area (Å²) in [5.74, 6) is -0.0644. The molecular weight excluding hydrogens is 284 g/mol. The molecule has 112 valence electrons. The Hall–Kier alpha value is -1.92. The Balaban J connectivity index is 1.99. The Morgan fingerprint density at radius 3 is 2.48 bits per heavy atom. The maximum atomic E-state index is 11.5. The molecule has 1 aromatic heterocycles. The van der Waals surface area contributed by atoms with Crippen molar-refractivity contribution >= 4 is 18.1 Å². The molecule has 0 saturated heterocycles. The second-order valence-corrected chi connectivity index (χ2v) is 5.46. The SMILES string of the molecule is CNC(=O)c1ccc(CN(C)Cn2ccn(C)c2=S)cc1. The number of rotatable bonds is 5. The molecule has 0 aliphatic rings. The topological polar surface area (TPSA) is 42.2 Å². The molecule has 0 fully saturated rings. The van der Waals surface area contributed by atoms with Gasteiger partial charge in [0.2, 0.25) is 0 Å². The van der Waals surface area contributed by atoms with E-state index < -0.39 is 0 Å². The predicted octanol–water partition coefficient (Wildman–Crippen LogP) is 2.01. The van der Waals surface area contributed by atoms with Gasteiger partial charge in [0, 0.05) is 38.6 Å². The van der Waals surface area contributed by atoms with Crippen LogP contribution in [-0.2, 0) is 20.3 Å². The van der Waals surface area contributed by atoms with Crippen molar-refractivity contribution in [2.45, 2.75) is 13.2 Å². The number of nitrogens with zero attached hydrogens (tertiary/aromatic N) is 3. The molecule has 1 heterocycles. The maximum Gasteiger partial charge on any atom is 0.251 e. The summed E-state index contributed by atoms with van der Waals surface area (Å²) < 4.78 is 4.74. The number of benzene rings is 1. The number of hydrogen-bond donors (Lipinski definition) is 1. The van der Waals surface area contributed by atoms with Gasteiger partial charge < -0.3 is 14.5 Å². The molecule has 0 bridgehead atoms. The molecule has 0 aliphatic carbocycles. The maximum absolute atomic E-state index is 11.5. The van der Waals surface area contributed by atoms with Crippen LogP contribution in [0.3, 0.4) is 0 Å². The zero-order chi connectivity index (χ0) is 15.4. The summed E-state index contributed by atoms with van der Waals surface area (Å²) >= 11 is 5.32. The monoisotopic (exact) mass is 304 g/mol. The van der Waals surface area contributed by atoms with Crippen molar-refractivity contribution in [3.63, 3.8) is 0 Å². The van der Waals surface area contributed by atoms with Crippen LogP contribution in [0.5, 0.6) is 0 Å². The van der Waals surface area contributed by atoms with Gasteiger partial charge in [-0.25, -0.2) is 0 Å². The number of imidazole rings is 1. The Morgan fingerprint density at radius 2 is 1.95 bits per heavy atom. The van der Waals surface area contributed by atoms with Crippen LogP contribution in [0.1, 0.15) is 15.9 Å². The Labute approximate surface area is 129 Å². The fraction of sp³-hybridized carbons (Fsp3) is 0.333. The fourth-order valence-corrected chi connectivity index (χ4v) is 2.33. The summed E-state index contributed by atoms with van der Waals surface area (Å²) in [6.45, 7) is 1.53. The lowest BCUT2D eigenvalue weighted by atomic mass is 10.1. The minimum atomic E-state index is -0.0644. The minimum absolute atomic E-state index is 0.0644. The third kappa shape index (κ3) is 3.80. The molecule has 6 heteroatoms. The van der Waals surface area contributed by atoms with Crippen molar-refractivity contribution in [3.05, 3.63) is 52.6 Å². The van der Waals surface area contributed by atoms with Crippen LogP contribution < -0.4 is 5.32 Å². The van der Waals surface area contributed by atoms with E-state index in [0.717, 1.165) is 23.5 Å². The summed E-state index contributed by atoms with van der Waals surface area (Å²) in [6, 6.07) is 7.64. The third-order valence-corrected chi connectivity index (χ3v) is 3.83. The van der Waals surface area contributed by atoms with E-state index in [1.54, 1.807) is 7.05 Å². The van der Waals surface area contributed by atoms with Gasteiger partial charge in [-0.3, -0.25) is 9.69 Å². The highest BCUT2D eigenvalue weighted by Gasteiger charge is 2.05. The first-order valence-electron chi connectivity index (χ1n) is 6.72. The van der Waals surface area contributed by atoms with E-state index in [2.05, 4.69) is 10.2 Å². The number of hydrogen-bond acceptors (Lipinski definition) is 3. The van der Waals surface area contributed by atoms with Gasteiger partial charge in [-0.2, -0.15) is 0 Å². The van der Waals surface area contributed by atoms with Crippen molar-refractivity contribution in [3.8, 4) is 0 Å². The van der Waals surface area contributed by atoms with E-state index >= 15 is 0 Å². The van der Waals surface area contributed by atoms with Gasteiger partial charge in [-0.15, -0.1) is 0 Å². The van der Waals surface area contributed by atoms with Gasteiger partial charge in [0.25, 0.3) is 5.91 Å². The number of nitrogens with one attached hydrogen (secondary N) is 1. The molecule has 0 atom stereocenters. The summed E-state index contributed by atoms with van der Waals surface area (Å²) in [4.78, 5) is 13.7. The van der Waals surface area contributed by atoms with Gasteiger partial charge in [-0.1, -0.05) is 12.1 Å². The van der Waals surface area contributed by atoms with Crippen LogP contribution in [0, 0.1) is 4.77 Å². The molecule has 0 aliphatic heterocycles. The van der Waals surface area contributed by atoms with Gasteiger partial charge in [0.1, 0.15) is 0 Å². The summed E-state index contributed by atoms with van der Waals surface area (Å²) in [7, 11) is 5.62. The van der Waals surface area contributed by atoms with Crippen molar-refractivity contribution in [1.82, 2.24) is 19.4 Å². The second kappa shape index (κ2) is 6.69. The number of aryl methyl sites for hydroxylation is 1. The van der Waals surface area contributed by atoms with Crippen LogP contribution in [0.15, 0.2) is 36.7 Å². The van der Waals surface area contributed by atoms with Gasteiger partial charge in [0.15, 0.2) is 4.77 Å². The first kappa shape index (κ1) is 15.5. The smallest absolute Gasteiger partial charge is 0.251 e. The zero-order valence-corrected chi connectivity index (χ0v) is 13.4. The van der Waals surface area contributed by atoms with E-state index in [-0.39, 0.29) is 5.91 Å². The molecule has 1 aromatic carbocycles. The molecule has 21 heavy (non-hydrogen) atoms. The van der Waals surface area contributed by atoms with Gasteiger partial charge in [0.05, 0.1) is 6.67 Å². The van der Waals surface area contributed by atoms with Crippen molar-refractivity contribution in [2.75, 3.05) is 14.1 Å². The highest BCUT2D eigenvalue weighted by atomic mass is 32.1. The number of amides is 1. The average molecular weight is 304 g/mol. The number of carbonyl (C=O) groups excluding carboxylic acids is 1. The molecular formula is C15H20N4OS. The number of aromatic nitrogens is 2. The van der Waals surface area contributed by atoms with Crippen LogP contribution in [0.25, 0.3) is 0 Å². The zero-order valence-electron chi connectivity index (χ0n) is 12.5. The fourth-order valence-electron chi connectivity index (χ4n) is 2.15. The lowest BCUT2D eigenvalue weighted by Crippen LogP contribution is -2.22. The van der Waals surface area contributed by atoms with E-state index in [4.69, 9.17) is 12.2 Å². The molecule has 2 aromatic rings. The molecule has 1 amide bonds. The van der Waals surface area contributed by atoms with E-state index in [0.29, 0.717) is 5.56 Å².